The molecule has 0 radical (unpaired) electrons. The molecule has 1 fully saturated rings. The first-order chi connectivity index (χ1) is 10.5. The highest BCUT2D eigenvalue weighted by atomic mass is 16.3. The molecule has 1 aromatic carbocycles. The van der Waals surface area contributed by atoms with Gasteiger partial charge < -0.3 is 10.2 Å². The Kier molecular flexibility index (Phi) is 4.20. The number of benzene rings is 1. The first kappa shape index (κ1) is 15.4. The first-order valence-electron chi connectivity index (χ1n) is 8.16. The zero-order valence-corrected chi connectivity index (χ0v) is 13.1. The van der Waals surface area contributed by atoms with Gasteiger partial charge >= 0.3 is 0 Å². The largest absolute Gasteiger partial charge is 0.392 e. The predicted molar refractivity (Wildman–Crippen MR) is 85.1 cm³/mol. The Balaban J connectivity index is 1.92. The van der Waals surface area contributed by atoms with Crippen molar-refractivity contribution < 1.29 is 15.0 Å². The number of hydrogen-bond acceptors (Lipinski definition) is 3. The van der Waals surface area contributed by atoms with Gasteiger partial charge in [-0.1, -0.05) is 36.8 Å². The second kappa shape index (κ2) is 5.98. The quantitative estimate of drug-likeness (QED) is 0.900. The van der Waals surface area contributed by atoms with E-state index in [1.165, 1.54) is 5.57 Å². The Morgan fingerprint density at radius 2 is 2.18 bits per heavy atom. The molecule has 1 saturated carbocycles. The van der Waals surface area contributed by atoms with E-state index in [1.807, 2.05) is 30.3 Å². The van der Waals surface area contributed by atoms with E-state index in [0.717, 1.165) is 36.8 Å². The molecule has 0 saturated heterocycles. The molecule has 3 rings (SSSR count). The van der Waals surface area contributed by atoms with Crippen LogP contribution >= 0.6 is 0 Å². The number of carbonyl (C=O) groups excluding carboxylic acids is 1. The average Bonchev–Trinajstić information content (AvgIpc) is 2.54. The van der Waals surface area contributed by atoms with Gasteiger partial charge in [0, 0.05) is 6.42 Å². The molecule has 0 bridgehead atoms. The van der Waals surface area contributed by atoms with Crippen molar-refractivity contribution in [2.45, 2.75) is 51.7 Å². The van der Waals surface area contributed by atoms with Gasteiger partial charge in [0.2, 0.25) is 0 Å². The third-order valence-electron chi connectivity index (χ3n) is 5.60. The van der Waals surface area contributed by atoms with Crippen molar-refractivity contribution in [1.29, 1.82) is 0 Å². The summed E-state index contributed by atoms with van der Waals surface area (Å²) in [6, 6.07) is 7.57. The molecule has 2 N–H and O–H groups in total. The molecule has 0 spiro atoms. The monoisotopic (exact) mass is 300 g/mol. The minimum atomic E-state index is -0.548. The van der Waals surface area contributed by atoms with E-state index in [1.54, 1.807) is 0 Å². The van der Waals surface area contributed by atoms with Crippen molar-refractivity contribution in [2.75, 3.05) is 0 Å². The van der Waals surface area contributed by atoms with Gasteiger partial charge in [0.15, 0.2) is 5.78 Å². The van der Waals surface area contributed by atoms with Crippen LogP contribution in [0.1, 0.15) is 56.3 Å². The molecule has 3 atom stereocenters. The minimum Gasteiger partial charge on any atom is -0.392 e. The second-order valence-electron chi connectivity index (χ2n) is 6.90. The van der Waals surface area contributed by atoms with Crippen LogP contribution in [0.25, 0.3) is 0 Å². The third-order valence-corrected chi connectivity index (χ3v) is 5.60. The third kappa shape index (κ3) is 2.64. The Hall–Kier alpha value is -1.45. The van der Waals surface area contributed by atoms with E-state index < -0.39 is 6.10 Å². The van der Waals surface area contributed by atoms with Gasteiger partial charge in [-0.2, -0.15) is 0 Å². The highest BCUT2D eigenvalue weighted by Crippen LogP contribution is 2.54. The average molecular weight is 300 g/mol. The lowest BCUT2D eigenvalue weighted by Crippen LogP contribution is -2.39. The second-order valence-corrected chi connectivity index (χ2v) is 6.90. The van der Waals surface area contributed by atoms with Crippen LogP contribution in [0.15, 0.2) is 35.9 Å². The summed E-state index contributed by atoms with van der Waals surface area (Å²) in [4.78, 5) is 11.7. The van der Waals surface area contributed by atoms with E-state index in [2.05, 4.69) is 6.92 Å². The topological polar surface area (TPSA) is 57.5 Å². The number of carbonyl (C=O) groups is 1. The Labute approximate surface area is 131 Å². The van der Waals surface area contributed by atoms with Crippen molar-refractivity contribution in [1.82, 2.24) is 0 Å². The Morgan fingerprint density at radius 1 is 1.36 bits per heavy atom. The van der Waals surface area contributed by atoms with Crippen LogP contribution < -0.4 is 0 Å². The van der Waals surface area contributed by atoms with Gasteiger partial charge in [-0.05, 0) is 54.2 Å². The summed E-state index contributed by atoms with van der Waals surface area (Å²) >= 11 is 0. The molecule has 0 aromatic heterocycles. The maximum atomic E-state index is 11.7. The van der Waals surface area contributed by atoms with E-state index in [-0.39, 0.29) is 23.7 Å². The van der Waals surface area contributed by atoms with Gasteiger partial charge in [-0.25, -0.2) is 0 Å². The normalized spacial score (nSPS) is 29.7. The molecule has 0 amide bonds. The van der Waals surface area contributed by atoms with Crippen molar-refractivity contribution in [3.63, 3.8) is 0 Å². The summed E-state index contributed by atoms with van der Waals surface area (Å²) in [6.45, 7) is 2.19. The lowest BCUT2D eigenvalue weighted by molar-refractivity contribution is -0.116. The molecule has 3 nitrogen and oxygen atoms in total. The fourth-order valence-electron chi connectivity index (χ4n) is 4.20. The fourth-order valence-corrected chi connectivity index (χ4v) is 4.20. The number of hydrogen-bond donors (Lipinski definition) is 2. The summed E-state index contributed by atoms with van der Waals surface area (Å²) in [5, 5.41) is 20.2. The van der Waals surface area contributed by atoms with Crippen molar-refractivity contribution >= 4 is 5.78 Å². The molecule has 0 aliphatic heterocycles. The van der Waals surface area contributed by atoms with E-state index in [9.17, 15) is 15.0 Å². The molecule has 0 heterocycles. The van der Waals surface area contributed by atoms with Crippen molar-refractivity contribution in [2.24, 2.45) is 11.3 Å². The van der Waals surface area contributed by atoms with Crippen molar-refractivity contribution in [3.05, 3.63) is 47.0 Å². The SMILES string of the molecule is CC12CCC(=O)C=C1CCCC2C(O)c1cccc(CO)c1. The summed E-state index contributed by atoms with van der Waals surface area (Å²) < 4.78 is 0. The number of ketones is 1. The first-order valence-corrected chi connectivity index (χ1v) is 8.16. The van der Waals surface area contributed by atoms with Gasteiger partial charge in [0.1, 0.15) is 0 Å². The number of allylic oxidation sites excluding steroid dienone is 2. The predicted octanol–water partition coefficient (Wildman–Crippen LogP) is 3.31. The molecule has 2 aliphatic rings. The number of aliphatic hydroxyl groups is 2. The van der Waals surface area contributed by atoms with Crippen LogP contribution in [0.3, 0.4) is 0 Å². The molecule has 3 heteroatoms. The smallest absolute Gasteiger partial charge is 0.155 e. The zero-order valence-electron chi connectivity index (χ0n) is 13.1. The van der Waals surface area contributed by atoms with Crippen LogP contribution in [0.4, 0.5) is 0 Å². The van der Waals surface area contributed by atoms with Crippen molar-refractivity contribution in [3.8, 4) is 0 Å². The maximum absolute atomic E-state index is 11.7. The summed E-state index contributed by atoms with van der Waals surface area (Å²) in [5.41, 5.74) is 2.83. The molecule has 118 valence electrons. The van der Waals surface area contributed by atoms with Gasteiger partial charge in [0.05, 0.1) is 12.7 Å². The number of fused-ring (bicyclic) bond motifs is 1. The molecular formula is C19H24O3. The van der Waals surface area contributed by atoms with E-state index in [0.29, 0.717) is 6.42 Å². The van der Waals surface area contributed by atoms with Crippen LogP contribution in [-0.2, 0) is 11.4 Å². The van der Waals surface area contributed by atoms with Crippen LogP contribution in [0.5, 0.6) is 0 Å². The molecule has 2 aliphatic carbocycles. The Morgan fingerprint density at radius 3 is 2.95 bits per heavy atom. The summed E-state index contributed by atoms with van der Waals surface area (Å²) in [7, 11) is 0. The molecule has 22 heavy (non-hydrogen) atoms. The fraction of sp³-hybridized carbons (Fsp3) is 0.526. The lowest BCUT2D eigenvalue weighted by Gasteiger charge is -2.47. The summed E-state index contributed by atoms with van der Waals surface area (Å²) in [5.74, 6) is 0.361. The molecule has 1 aromatic rings. The number of aliphatic hydroxyl groups excluding tert-OH is 2. The van der Waals surface area contributed by atoms with E-state index >= 15 is 0 Å². The highest BCUT2D eigenvalue weighted by Gasteiger charge is 2.45. The van der Waals surface area contributed by atoms with Gasteiger partial charge in [0.25, 0.3) is 0 Å². The maximum Gasteiger partial charge on any atom is 0.155 e. The van der Waals surface area contributed by atoms with Crippen LogP contribution in [-0.4, -0.2) is 16.0 Å². The lowest BCUT2D eigenvalue weighted by atomic mass is 9.58. The highest BCUT2D eigenvalue weighted by molar-refractivity contribution is 5.91. The van der Waals surface area contributed by atoms with Gasteiger partial charge in [-0.15, -0.1) is 0 Å². The van der Waals surface area contributed by atoms with Gasteiger partial charge in [-0.3, -0.25) is 4.79 Å². The Bertz CT molecular complexity index is 604. The zero-order chi connectivity index (χ0) is 15.7. The number of rotatable bonds is 3. The van der Waals surface area contributed by atoms with Crippen LogP contribution in [0, 0.1) is 11.3 Å². The van der Waals surface area contributed by atoms with Crippen LogP contribution in [0.2, 0.25) is 0 Å². The molecular weight excluding hydrogens is 276 g/mol. The van der Waals surface area contributed by atoms with E-state index in [4.69, 9.17) is 0 Å². The minimum absolute atomic E-state index is 0.0118. The molecule has 3 unspecified atom stereocenters. The standard InChI is InChI=1S/C19H24O3/c1-19-9-8-16(21)11-15(19)6-3-7-17(19)18(22)14-5-2-4-13(10-14)12-20/h2,4-5,10-11,17-18,20,22H,3,6-9,12H2,1H3. The summed E-state index contributed by atoms with van der Waals surface area (Å²) in [6.07, 6.45) is 5.67.